The summed E-state index contributed by atoms with van der Waals surface area (Å²) in [6, 6.07) is 3.50. The Labute approximate surface area is 129 Å². The molecule has 0 spiro atoms. The number of rotatable bonds is 2. The van der Waals surface area contributed by atoms with Crippen molar-refractivity contribution in [3.63, 3.8) is 0 Å². The molecule has 104 valence electrons. The van der Waals surface area contributed by atoms with E-state index in [0.29, 0.717) is 15.7 Å². The third-order valence-electron chi connectivity index (χ3n) is 3.25. The highest BCUT2D eigenvalue weighted by molar-refractivity contribution is 9.11. The van der Waals surface area contributed by atoms with E-state index in [2.05, 4.69) is 43.8 Å². The summed E-state index contributed by atoms with van der Waals surface area (Å²) in [7, 11) is 2.07. The highest BCUT2D eigenvalue weighted by atomic mass is 79.9. The molecule has 1 aromatic rings. The van der Waals surface area contributed by atoms with Gasteiger partial charge in [0.05, 0.1) is 11.3 Å². The average Bonchev–Trinajstić information content (AvgIpc) is 2.36. The first-order valence-corrected chi connectivity index (χ1v) is 7.70. The molecule has 0 amide bonds. The molecule has 1 heterocycles. The van der Waals surface area contributed by atoms with Gasteiger partial charge in [-0.3, -0.25) is 0 Å². The van der Waals surface area contributed by atoms with E-state index in [9.17, 15) is 4.79 Å². The molecule has 0 aromatic heterocycles. The van der Waals surface area contributed by atoms with Gasteiger partial charge in [0.2, 0.25) is 0 Å². The molecular weight excluding hydrogens is 376 g/mol. The molecule has 0 bridgehead atoms. The summed E-state index contributed by atoms with van der Waals surface area (Å²) in [4.78, 5) is 14.4. The minimum atomic E-state index is -0.353. The van der Waals surface area contributed by atoms with Crippen molar-refractivity contribution >= 4 is 43.5 Å². The van der Waals surface area contributed by atoms with E-state index in [0.717, 1.165) is 30.4 Å². The van der Waals surface area contributed by atoms with E-state index < -0.39 is 0 Å². The number of hydrogen-bond acceptors (Lipinski definition) is 4. The highest BCUT2D eigenvalue weighted by Gasteiger charge is 2.22. The van der Waals surface area contributed by atoms with E-state index in [4.69, 9.17) is 10.5 Å². The number of piperidine rings is 1. The molecule has 2 rings (SSSR count). The number of esters is 1. The third-order valence-corrected chi connectivity index (χ3v) is 4.37. The number of hydrogen-bond donors (Lipinski definition) is 1. The molecule has 0 radical (unpaired) electrons. The number of nitrogens with zero attached hydrogens (tertiary/aromatic N) is 1. The van der Waals surface area contributed by atoms with Gasteiger partial charge in [-0.05, 0) is 48.0 Å². The Kier molecular flexibility index (Phi) is 4.86. The van der Waals surface area contributed by atoms with Crippen molar-refractivity contribution in [1.29, 1.82) is 0 Å². The zero-order chi connectivity index (χ0) is 14.0. The average molecular weight is 392 g/mol. The maximum atomic E-state index is 12.2. The van der Waals surface area contributed by atoms with Gasteiger partial charge in [-0.25, -0.2) is 4.79 Å². The second-order valence-electron chi connectivity index (χ2n) is 4.76. The lowest BCUT2D eigenvalue weighted by Crippen LogP contribution is -2.35. The normalized spacial score (nSPS) is 17.4. The quantitative estimate of drug-likeness (QED) is 0.621. The number of benzene rings is 1. The lowest BCUT2D eigenvalue weighted by Gasteiger charge is -2.28. The maximum absolute atomic E-state index is 12.2. The van der Waals surface area contributed by atoms with E-state index in [1.54, 1.807) is 6.07 Å². The van der Waals surface area contributed by atoms with Crippen LogP contribution in [0.2, 0.25) is 0 Å². The number of carbonyl (C=O) groups is 1. The molecule has 0 aliphatic carbocycles. The highest BCUT2D eigenvalue weighted by Crippen LogP contribution is 2.29. The van der Waals surface area contributed by atoms with Crippen LogP contribution in [-0.4, -0.2) is 37.1 Å². The van der Waals surface area contributed by atoms with Crippen LogP contribution in [0, 0.1) is 0 Å². The lowest BCUT2D eigenvalue weighted by molar-refractivity contribution is 0.0140. The maximum Gasteiger partial charge on any atom is 0.340 e. The van der Waals surface area contributed by atoms with Crippen molar-refractivity contribution in [2.75, 3.05) is 25.9 Å². The van der Waals surface area contributed by atoms with Crippen LogP contribution in [0.25, 0.3) is 0 Å². The number of anilines is 1. The standard InChI is InChI=1S/C13H16Br2N2O2/c1-17-4-2-9(3-5-17)19-13(18)10-6-8(14)7-11(15)12(10)16/h6-7,9H,2-5,16H2,1H3. The summed E-state index contributed by atoms with van der Waals surface area (Å²) in [5.41, 5.74) is 6.72. The number of carbonyl (C=O) groups excluding carboxylic acids is 1. The van der Waals surface area contributed by atoms with Gasteiger partial charge >= 0.3 is 5.97 Å². The van der Waals surface area contributed by atoms with Crippen molar-refractivity contribution < 1.29 is 9.53 Å². The monoisotopic (exact) mass is 390 g/mol. The zero-order valence-corrected chi connectivity index (χ0v) is 13.8. The molecule has 1 saturated heterocycles. The van der Waals surface area contributed by atoms with Crippen molar-refractivity contribution in [1.82, 2.24) is 4.90 Å². The molecular formula is C13H16Br2N2O2. The molecule has 2 N–H and O–H groups in total. The molecule has 4 nitrogen and oxygen atoms in total. The van der Waals surface area contributed by atoms with Gasteiger partial charge < -0.3 is 15.4 Å². The van der Waals surface area contributed by atoms with Gasteiger partial charge in [0.1, 0.15) is 6.10 Å². The molecule has 0 saturated carbocycles. The first-order valence-electron chi connectivity index (χ1n) is 6.11. The Morgan fingerprint density at radius 3 is 2.63 bits per heavy atom. The Bertz CT molecular complexity index is 486. The lowest BCUT2D eigenvalue weighted by atomic mass is 10.1. The first-order chi connectivity index (χ1) is 8.97. The fourth-order valence-corrected chi connectivity index (χ4v) is 3.30. The van der Waals surface area contributed by atoms with Crippen molar-refractivity contribution in [2.24, 2.45) is 0 Å². The molecule has 1 aliphatic heterocycles. The Morgan fingerprint density at radius 2 is 2.00 bits per heavy atom. The number of likely N-dealkylation sites (tertiary alicyclic amines) is 1. The number of nitrogen functional groups attached to an aromatic ring is 1. The molecule has 1 aromatic carbocycles. The largest absolute Gasteiger partial charge is 0.459 e. The summed E-state index contributed by atoms with van der Waals surface area (Å²) in [5, 5.41) is 0. The van der Waals surface area contributed by atoms with Crippen molar-refractivity contribution in [3.8, 4) is 0 Å². The summed E-state index contributed by atoms with van der Waals surface area (Å²) in [5.74, 6) is -0.353. The SMILES string of the molecule is CN1CCC(OC(=O)c2cc(Br)cc(Br)c2N)CC1. The summed E-state index contributed by atoms with van der Waals surface area (Å²) in [6.45, 7) is 1.91. The smallest absolute Gasteiger partial charge is 0.340 e. The fourth-order valence-electron chi connectivity index (χ4n) is 2.07. The predicted octanol–water partition coefficient (Wildman–Crippen LogP) is 3.04. The van der Waals surface area contributed by atoms with Crippen LogP contribution in [0.15, 0.2) is 21.1 Å². The van der Waals surface area contributed by atoms with Crippen LogP contribution in [0.1, 0.15) is 23.2 Å². The Morgan fingerprint density at radius 1 is 1.37 bits per heavy atom. The molecule has 6 heteroatoms. The van der Waals surface area contributed by atoms with E-state index >= 15 is 0 Å². The van der Waals surface area contributed by atoms with Crippen molar-refractivity contribution in [2.45, 2.75) is 18.9 Å². The van der Waals surface area contributed by atoms with Crippen LogP contribution in [0.5, 0.6) is 0 Å². The number of nitrogens with two attached hydrogens (primary N) is 1. The minimum absolute atomic E-state index is 0.0131. The minimum Gasteiger partial charge on any atom is -0.459 e. The topological polar surface area (TPSA) is 55.6 Å². The van der Waals surface area contributed by atoms with Crippen LogP contribution in [0.4, 0.5) is 5.69 Å². The molecule has 0 atom stereocenters. The molecule has 1 fully saturated rings. The van der Waals surface area contributed by atoms with Crippen molar-refractivity contribution in [3.05, 3.63) is 26.6 Å². The van der Waals surface area contributed by atoms with Crippen LogP contribution < -0.4 is 5.73 Å². The summed E-state index contributed by atoms with van der Waals surface area (Å²) in [6.07, 6.45) is 1.73. The fraction of sp³-hybridized carbons (Fsp3) is 0.462. The number of ether oxygens (including phenoxy) is 1. The predicted molar refractivity (Wildman–Crippen MR) is 82.2 cm³/mol. The van der Waals surface area contributed by atoms with E-state index in [-0.39, 0.29) is 12.1 Å². The molecule has 19 heavy (non-hydrogen) atoms. The zero-order valence-electron chi connectivity index (χ0n) is 10.7. The second kappa shape index (κ2) is 6.24. The number of halogens is 2. The van der Waals surface area contributed by atoms with Gasteiger partial charge in [-0.2, -0.15) is 0 Å². The van der Waals surface area contributed by atoms with Gasteiger partial charge in [0.25, 0.3) is 0 Å². The molecule has 1 aliphatic rings. The van der Waals surface area contributed by atoms with Crippen LogP contribution in [-0.2, 0) is 4.74 Å². The molecule has 0 unspecified atom stereocenters. The van der Waals surface area contributed by atoms with Gasteiger partial charge in [0, 0.05) is 22.0 Å². The Balaban J connectivity index is 2.08. The van der Waals surface area contributed by atoms with Crippen LogP contribution >= 0.6 is 31.9 Å². The summed E-state index contributed by atoms with van der Waals surface area (Å²) >= 11 is 6.68. The van der Waals surface area contributed by atoms with Gasteiger partial charge in [-0.1, -0.05) is 15.9 Å². The second-order valence-corrected chi connectivity index (χ2v) is 6.53. The summed E-state index contributed by atoms with van der Waals surface area (Å²) < 4.78 is 7.02. The first kappa shape index (κ1) is 14.8. The third kappa shape index (κ3) is 3.70. The van der Waals surface area contributed by atoms with E-state index in [1.807, 2.05) is 6.07 Å². The van der Waals surface area contributed by atoms with Gasteiger partial charge in [0.15, 0.2) is 0 Å². The Hall–Kier alpha value is -0.590. The van der Waals surface area contributed by atoms with E-state index in [1.165, 1.54) is 0 Å². The van der Waals surface area contributed by atoms with Crippen LogP contribution in [0.3, 0.4) is 0 Å². The van der Waals surface area contributed by atoms with Gasteiger partial charge in [-0.15, -0.1) is 0 Å².